The Balaban J connectivity index is 1.21. The number of rotatable bonds is 5. The number of carbonyl (C=O) groups excluding carboxylic acids is 1. The SMILES string of the molecule is CN1CCOC2CN(c3ccc(CC(C#N)NC(=O)C4NC5CCC4C5)c(F)c3)CC21. The molecule has 1 aliphatic carbocycles. The first-order valence-electron chi connectivity index (χ1n) is 11.3. The van der Waals surface area contributed by atoms with Crippen molar-refractivity contribution in [2.75, 3.05) is 38.2 Å². The topological polar surface area (TPSA) is 80.6 Å². The molecule has 5 rings (SSSR count). The predicted molar refractivity (Wildman–Crippen MR) is 114 cm³/mol. The van der Waals surface area contributed by atoms with Gasteiger partial charge in [-0.25, -0.2) is 4.39 Å². The van der Waals surface area contributed by atoms with Crippen molar-refractivity contribution in [1.82, 2.24) is 15.5 Å². The zero-order valence-corrected chi connectivity index (χ0v) is 17.9. The zero-order chi connectivity index (χ0) is 21.5. The third-order valence-corrected chi connectivity index (χ3v) is 7.52. The summed E-state index contributed by atoms with van der Waals surface area (Å²) >= 11 is 0. The molecule has 0 aromatic heterocycles. The van der Waals surface area contributed by atoms with Gasteiger partial charge in [0.1, 0.15) is 11.9 Å². The van der Waals surface area contributed by atoms with Gasteiger partial charge in [-0.2, -0.15) is 5.26 Å². The molecule has 1 saturated carbocycles. The molecule has 2 N–H and O–H groups in total. The fraction of sp³-hybridized carbons (Fsp3) is 0.652. The maximum atomic E-state index is 14.9. The van der Waals surface area contributed by atoms with Crippen LogP contribution in [0.4, 0.5) is 10.1 Å². The minimum Gasteiger partial charge on any atom is -0.373 e. The van der Waals surface area contributed by atoms with Gasteiger partial charge in [-0.05, 0) is 49.9 Å². The van der Waals surface area contributed by atoms with Gasteiger partial charge in [0.15, 0.2) is 0 Å². The number of benzene rings is 1. The number of halogens is 1. The van der Waals surface area contributed by atoms with Gasteiger partial charge >= 0.3 is 0 Å². The second-order valence-corrected chi connectivity index (χ2v) is 9.45. The van der Waals surface area contributed by atoms with Gasteiger partial charge in [-0.15, -0.1) is 0 Å². The number of piperidine rings is 1. The molecule has 0 spiro atoms. The van der Waals surface area contributed by atoms with E-state index < -0.39 is 6.04 Å². The molecule has 6 unspecified atom stereocenters. The van der Waals surface area contributed by atoms with Gasteiger partial charge < -0.3 is 20.3 Å². The normalized spacial score (nSPS) is 33.2. The van der Waals surface area contributed by atoms with E-state index in [9.17, 15) is 14.4 Å². The highest BCUT2D eigenvalue weighted by molar-refractivity contribution is 5.83. The summed E-state index contributed by atoms with van der Waals surface area (Å²) in [4.78, 5) is 17.1. The standard InChI is InChI=1S/C23H30FN5O2/c1-28-6-7-31-21-13-29(12-20(21)28)18-5-3-14(19(24)10-18)8-17(11-25)27-23(30)22-15-2-4-16(9-15)26-22/h3,5,10,15-17,20-22,26H,2,4,6-9,12-13H2,1H3,(H,27,30). The Labute approximate surface area is 182 Å². The van der Waals surface area contributed by atoms with Crippen LogP contribution in [0.25, 0.3) is 0 Å². The van der Waals surface area contributed by atoms with E-state index >= 15 is 0 Å². The molecule has 7 nitrogen and oxygen atoms in total. The molecule has 1 amide bonds. The third kappa shape index (κ3) is 4.02. The number of nitrogens with one attached hydrogen (secondary N) is 2. The lowest BCUT2D eigenvalue weighted by Crippen LogP contribution is -2.50. The number of fused-ring (bicyclic) bond motifs is 3. The number of amides is 1. The van der Waals surface area contributed by atoms with E-state index in [1.165, 1.54) is 0 Å². The van der Waals surface area contributed by atoms with Crippen molar-refractivity contribution in [3.8, 4) is 6.07 Å². The van der Waals surface area contributed by atoms with Gasteiger partial charge in [-0.3, -0.25) is 9.69 Å². The molecule has 166 valence electrons. The molecule has 3 heterocycles. The molecule has 1 aromatic rings. The summed E-state index contributed by atoms with van der Waals surface area (Å²) in [5.41, 5.74) is 1.28. The number of ether oxygens (including phenoxy) is 1. The highest BCUT2D eigenvalue weighted by atomic mass is 19.1. The van der Waals surface area contributed by atoms with Gasteiger partial charge in [0.05, 0.1) is 30.9 Å². The molecule has 8 heteroatoms. The lowest BCUT2D eigenvalue weighted by atomic mass is 9.98. The van der Waals surface area contributed by atoms with Crippen LogP contribution in [0.2, 0.25) is 0 Å². The van der Waals surface area contributed by atoms with Crippen molar-refractivity contribution < 1.29 is 13.9 Å². The van der Waals surface area contributed by atoms with Gasteiger partial charge in [0.25, 0.3) is 0 Å². The maximum Gasteiger partial charge on any atom is 0.238 e. The lowest BCUT2D eigenvalue weighted by molar-refractivity contribution is -0.124. The molecular weight excluding hydrogens is 397 g/mol. The Morgan fingerprint density at radius 1 is 1.42 bits per heavy atom. The number of anilines is 1. The lowest BCUT2D eigenvalue weighted by Gasteiger charge is -2.33. The summed E-state index contributed by atoms with van der Waals surface area (Å²) in [5, 5.41) is 15.7. The summed E-state index contributed by atoms with van der Waals surface area (Å²) in [6.07, 6.45) is 3.52. The Hall–Kier alpha value is -2.21. The van der Waals surface area contributed by atoms with E-state index in [-0.39, 0.29) is 30.3 Å². The summed E-state index contributed by atoms with van der Waals surface area (Å²) in [5.74, 6) is -0.124. The Morgan fingerprint density at radius 2 is 2.29 bits per heavy atom. The molecule has 6 atom stereocenters. The Morgan fingerprint density at radius 3 is 2.97 bits per heavy atom. The van der Waals surface area contributed by atoms with E-state index in [0.717, 1.165) is 51.2 Å². The molecule has 0 radical (unpaired) electrons. The highest BCUT2D eigenvalue weighted by Gasteiger charge is 2.43. The van der Waals surface area contributed by atoms with Crippen LogP contribution < -0.4 is 15.5 Å². The third-order valence-electron chi connectivity index (χ3n) is 7.52. The monoisotopic (exact) mass is 427 g/mol. The fourth-order valence-electron chi connectivity index (χ4n) is 5.73. The predicted octanol–water partition coefficient (Wildman–Crippen LogP) is 1.04. The molecule has 4 aliphatic rings. The average Bonchev–Trinajstić information content (AvgIpc) is 3.50. The van der Waals surface area contributed by atoms with E-state index in [2.05, 4.69) is 33.6 Å². The van der Waals surface area contributed by atoms with Gasteiger partial charge in [0.2, 0.25) is 5.91 Å². The van der Waals surface area contributed by atoms with Crippen LogP contribution in [0, 0.1) is 23.1 Å². The number of morpholine rings is 1. The molecular formula is C23H30FN5O2. The van der Waals surface area contributed by atoms with E-state index in [1.54, 1.807) is 12.1 Å². The minimum atomic E-state index is -0.745. The number of nitriles is 1. The first-order chi connectivity index (χ1) is 15.0. The maximum absolute atomic E-state index is 14.9. The zero-order valence-electron chi connectivity index (χ0n) is 17.9. The first kappa shape index (κ1) is 20.7. The molecule has 2 bridgehead atoms. The smallest absolute Gasteiger partial charge is 0.238 e. The summed E-state index contributed by atoms with van der Waals surface area (Å²) in [7, 11) is 2.11. The summed E-state index contributed by atoms with van der Waals surface area (Å²) in [6, 6.07) is 7.10. The van der Waals surface area contributed by atoms with E-state index in [4.69, 9.17) is 4.74 Å². The molecule has 3 saturated heterocycles. The fourth-order valence-corrected chi connectivity index (χ4v) is 5.73. The number of likely N-dealkylation sites (N-methyl/N-ethyl adjacent to an activating group) is 1. The molecule has 4 fully saturated rings. The van der Waals surface area contributed by atoms with Crippen molar-refractivity contribution in [1.29, 1.82) is 5.26 Å². The molecule has 3 aliphatic heterocycles. The average molecular weight is 428 g/mol. The van der Waals surface area contributed by atoms with E-state index in [0.29, 0.717) is 23.6 Å². The van der Waals surface area contributed by atoms with Crippen LogP contribution in [0.1, 0.15) is 24.8 Å². The summed E-state index contributed by atoms with van der Waals surface area (Å²) in [6.45, 7) is 3.22. The minimum absolute atomic E-state index is 0.139. The van der Waals surface area contributed by atoms with Crippen LogP contribution >= 0.6 is 0 Å². The first-order valence-corrected chi connectivity index (χ1v) is 11.3. The van der Waals surface area contributed by atoms with Crippen molar-refractivity contribution in [3.05, 3.63) is 29.6 Å². The van der Waals surface area contributed by atoms with Crippen molar-refractivity contribution >= 4 is 11.6 Å². The Kier molecular flexibility index (Phi) is 5.59. The van der Waals surface area contributed by atoms with Crippen LogP contribution in [-0.2, 0) is 16.0 Å². The van der Waals surface area contributed by atoms with Crippen molar-refractivity contribution in [2.24, 2.45) is 5.92 Å². The molecule has 1 aromatic carbocycles. The molecule has 31 heavy (non-hydrogen) atoms. The second-order valence-electron chi connectivity index (χ2n) is 9.45. The quantitative estimate of drug-likeness (QED) is 0.731. The Bertz CT molecular complexity index is 889. The van der Waals surface area contributed by atoms with Crippen molar-refractivity contribution in [3.63, 3.8) is 0 Å². The number of nitrogens with zero attached hydrogens (tertiary/aromatic N) is 3. The van der Waals surface area contributed by atoms with E-state index in [1.807, 2.05) is 6.07 Å². The van der Waals surface area contributed by atoms with Crippen LogP contribution in [0.5, 0.6) is 0 Å². The summed E-state index contributed by atoms with van der Waals surface area (Å²) < 4.78 is 20.8. The van der Waals surface area contributed by atoms with Crippen LogP contribution in [-0.4, -0.2) is 74.4 Å². The number of hydrogen-bond acceptors (Lipinski definition) is 6. The van der Waals surface area contributed by atoms with Crippen LogP contribution in [0.15, 0.2) is 18.2 Å². The van der Waals surface area contributed by atoms with Crippen LogP contribution in [0.3, 0.4) is 0 Å². The number of hydrogen-bond donors (Lipinski definition) is 2. The van der Waals surface area contributed by atoms with Crippen molar-refractivity contribution in [2.45, 2.75) is 56.0 Å². The largest absolute Gasteiger partial charge is 0.373 e. The highest BCUT2D eigenvalue weighted by Crippen LogP contribution is 2.35. The van der Waals surface area contributed by atoms with Gasteiger partial charge in [-0.1, -0.05) is 6.07 Å². The second kappa shape index (κ2) is 8.38. The van der Waals surface area contributed by atoms with Gasteiger partial charge in [0, 0.05) is 37.8 Å². The number of carbonyl (C=O) groups is 1.